The van der Waals surface area contributed by atoms with E-state index in [-0.39, 0.29) is 0 Å². The first-order chi connectivity index (χ1) is 14.6. The summed E-state index contributed by atoms with van der Waals surface area (Å²) in [6.45, 7) is 3.78. The highest BCUT2D eigenvalue weighted by atomic mass is 16.5. The largest absolute Gasteiger partial charge is 0.497 e. The minimum atomic E-state index is 0.388. The minimum Gasteiger partial charge on any atom is -0.497 e. The average Bonchev–Trinajstić information content (AvgIpc) is 3.03. The number of anilines is 1. The quantitative estimate of drug-likeness (QED) is 0.665. The van der Waals surface area contributed by atoms with Crippen LogP contribution in [0.5, 0.6) is 5.75 Å². The van der Waals surface area contributed by atoms with E-state index < -0.39 is 0 Å². The molecule has 154 valence electrons. The zero-order valence-corrected chi connectivity index (χ0v) is 17.3. The monoisotopic (exact) mass is 403 g/mol. The van der Waals surface area contributed by atoms with Crippen LogP contribution < -0.4 is 9.64 Å². The molecule has 1 saturated heterocycles. The van der Waals surface area contributed by atoms with E-state index >= 15 is 0 Å². The molecule has 3 aromatic rings. The van der Waals surface area contributed by atoms with Crippen molar-refractivity contribution in [1.82, 2.24) is 29.6 Å². The average molecular weight is 403 g/mol. The van der Waals surface area contributed by atoms with Crippen LogP contribution >= 0.6 is 0 Å². The van der Waals surface area contributed by atoms with Gasteiger partial charge in [-0.05, 0) is 43.7 Å². The molecule has 6 rings (SSSR count). The van der Waals surface area contributed by atoms with Crippen molar-refractivity contribution < 1.29 is 4.74 Å². The van der Waals surface area contributed by atoms with Crippen molar-refractivity contribution in [2.24, 2.45) is 5.41 Å². The van der Waals surface area contributed by atoms with Crippen LogP contribution in [0.2, 0.25) is 0 Å². The summed E-state index contributed by atoms with van der Waals surface area (Å²) >= 11 is 0. The molecule has 0 bridgehead atoms. The molecule has 30 heavy (non-hydrogen) atoms. The van der Waals surface area contributed by atoms with Crippen LogP contribution in [0.4, 0.5) is 5.82 Å². The number of hydrogen-bond donors (Lipinski definition) is 0. The van der Waals surface area contributed by atoms with Gasteiger partial charge < -0.3 is 9.64 Å². The first-order valence-corrected chi connectivity index (χ1v) is 10.5. The summed E-state index contributed by atoms with van der Waals surface area (Å²) in [4.78, 5) is 13.2. The number of aromatic nitrogens is 5. The van der Waals surface area contributed by atoms with E-state index in [1.807, 2.05) is 12.3 Å². The maximum Gasteiger partial charge on any atom is 0.151 e. The van der Waals surface area contributed by atoms with Gasteiger partial charge >= 0.3 is 0 Å². The highest BCUT2D eigenvalue weighted by Gasteiger charge is 2.54. The molecule has 0 atom stereocenters. The number of fused-ring (bicyclic) bond motifs is 3. The molecule has 8 heteroatoms. The van der Waals surface area contributed by atoms with E-state index in [1.54, 1.807) is 19.5 Å². The van der Waals surface area contributed by atoms with Crippen LogP contribution in [0.1, 0.15) is 36.0 Å². The van der Waals surface area contributed by atoms with Crippen LogP contribution in [-0.4, -0.2) is 56.9 Å². The molecule has 1 aliphatic carbocycles. The molecule has 2 fully saturated rings. The lowest BCUT2D eigenvalue weighted by atomic mass is 9.57. The molecular formula is C22H25N7O. The molecule has 8 nitrogen and oxygen atoms in total. The summed E-state index contributed by atoms with van der Waals surface area (Å²) in [5, 5.41) is 9.23. The Bertz CT molecular complexity index is 1080. The maximum atomic E-state index is 5.46. The molecular weight excluding hydrogens is 378 g/mol. The van der Waals surface area contributed by atoms with Crippen LogP contribution in [0.15, 0.2) is 36.8 Å². The summed E-state index contributed by atoms with van der Waals surface area (Å²) in [5.74, 6) is 4.45. The fourth-order valence-electron chi connectivity index (χ4n) is 5.39. The Labute approximate surface area is 175 Å². The third kappa shape index (κ3) is 2.70. The summed E-state index contributed by atoms with van der Waals surface area (Å²) < 4.78 is 7.76. The van der Waals surface area contributed by atoms with Gasteiger partial charge in [-0.15, -0.1) is 10.2 Å². The zero-order chi connectivity index (χ0) is 20.3. The van der Waals surface area contributed by atoms with Gasteiger partial charge in [-0.2, -0.15) is 0 Å². The third-order valence-electron chi connectivity index (χ3n) is 6.78. The van der Waals surface area contributed by atoms with Gasteiger partial charge in [0.2, 0.25) is 0 Å². The van der Waals surface area contributed by atoms with Crippen molar-refractivity contribution in [2.45, 2.75) is 31.8 Å². The lowest BCUT2D eigenvalue weighted by Gasteiger charge is -2.59. The minimum absolute atomic E-state index is 0.388. The fraction of sp³-hybridized carbons (Fsp3) is 0.455. The molecule has 2 aromatic heterocycles. The van der Waals surface area contributed by atoms with Crippen molar-refractivity contribution in [3.05, 3.63) is 54.0 Å². The highest BCUT2D eigenvalue weighted by molar-refractivity contribution is 5.49. The SMILES string of the molecule is COc1ccc2c(c1)CN(C)Cc1nnc(C3CC4(C3)CN(c3cnccn3)C4)n1-2. The summed E-state index contributed by atoms with van der Waals surface area (Å²) in [5.41, 5.74) is 2.83. The first kappa shape index (κ1) is 17.8. The lowest BCUT2D eigenvalue weighted by Crippen LogP contribution is -2.62. The fourth-order valence-corrected chi connectivity index (χ4v) is 5.39. The predicted octanol–water partition coefficient (Wildman–Crippen LogP) is 2.40. The van der Waals surface area contributed by atoms with Crippen molar-refractivity contribution in [3.8, 4) is 11.4 Å². The van der Waals surface area contributed by atoms with Crippen molar-refractivity contribution in [3.63, 3.8) is 0 Å². The number of benzene rings is 1. The van der Waals surface area contributed by atoms with E-state index in [0.29, 0.717) is 11.3 Å². The van der Waals surface area contributed by atoms with Gasteiger partial charge in [-0.25, -0.2) is 4.98 Å². The smallest absolute Gasteiger partial charge is 0.151 e. The first-order valence-electron chi connectivity index (χ1n) is 10.5. The normalized spacial score (nSPS) is 20.1. The predicted molar refractivity (Wildman–Crippen MR) is 112 cm³/mol. The van der Waals surface area contributed by atoms with E-state index in [4.69, 9.17) is 4.74 Å². The molecule has 1 spiro atoms. The molecule has 4 heterocycles. The summed E-state index contributed by atoms with van der Waals surface area (Å²) in [6.07, 6.45) is 7.65. The molecule has 0 unspecified atom stereocenters. The number of methoxy groups -OCH3 is 1. The number of rotatable bonds is 3. The Morgan fingerprint density at radius 2 is 1.97 bits per heavy atom. The second-order valence-corrected chi connectivity index (χ2v) is 9.00. The Hall–Kier alpha value is -3.00. The Kier molecular flexibility index (Phi) is 3.86. The molecule has 1 saturated carbocycles. The van der Waals surface area contributed by atoms with Crippen LogP contribution in [0.25, 0.3) is 5.69 Å². The summed E-state index contributed by atoms with van der Waals surface area (Å²) in [7, 11) is 3.84. The molecule has 3 aliphatic rings. The van der Waals surface area contributed by atoms with Crippen molar-refractivity contribution in [2.75, 3.05) is 32.1 Å². The Morgan fingerprint density at radius 3 is 2.73 bits per heavy atom. The number of ether oxygens (including phenoxy) is 1. The Balaban J connectivity index is 1.25. The van der Waals surface area contributed by atoms with E-state index in [2.05, 4.69) is 53.7 Å². The Morgan fingerprint density at radius 1 is 1.10 bits per heavy atom. The van der Waals surface area contributed by atoms with E-state index in [0.717, 1.165) is 62.2 Å². The summed E-state index contributed by atoms with van der Waals surface area (Å²) in [6, 6.07) is 6.32. The van der Waals surface area contributed by atoms with E-state index in [1.165, 1.54) is 11.3 Å². The third-order valence-corrected chi connectivity index (χ3v) is 6.78. The van der Waals surface area contributed by atoms with Gasteiger partial charge in [0.1, 0.15) is 17.4 Å². The second-order valence-electron chi connectivity index (χ2n) is 9.00. The standard InChI is InChI=1S/C22H25N7O/c1-27-11-15-7-17(30-2)3-4-18(15)29-20(12-27)25-26-21(29)16-8-22(9-16)13-28(14-22)19-10-23-5-6-24-19/h3-7,10,16H,8-9,11-14H2,1-2H3. The second kappa shape index (κ2) is 6.50. The molecule has 0 amide bonds. The van der Waals surface area contributed by atoms with Gasteiger partial charge in [0, 0.05) is 43.4 Å². The van der Waals surface area contributed by atoms with Crippen LogP contribution in [-0.2, 0) is 13.1 Å². The van der Waals surface area contributed by atoms with Gasteiger partial charge in [-0.1, -0.05) is 0 Å². The van der Waals surface area contributed by atoms with E-state index in [9.17, 15) is 0 Å². The molecule has 0 N–H and O–H groups in total. The molecule has 2 aliphatic heterocycles. The maximum absolute atomic E-state index is 5.46. The zero-order valence-electron chi connectivity index (χ0n) is 17.3. The number of nitrogens with zero attached hydrogens (tertiary/aromatic N) is 7. The topological polar surface area (TPSA) is 72.2 Å². The lowest BCUT2D eigenvalue weighted by molar-refractivity contribution is 0.0581. The van der Waals surface area contributed by atoms with Gasteiger partial charge in [0.05, 0.1) is 25.5 Å². The van der Waals surface area contributed by atoms with Crippen molar-refractivity contribution in [1.29, 1.82) is 0 Å². The number of hydrogen-bond acceptors (Lipinski definition) is 7. The van der Waals surface area contributed by atoms with Gasteiger partial charge in [0.25, 0.3) is 0 Å². The molecule has 0 radical (unpaired) electrons. The van der Waals surface area contributed by atoms with Crippen LogP contribution in [0.3, 0.4) is 0 Å². The van der Waals surface area contributed by atoms with Gasteiger partial charge in [-0.3, -0.25) is 14.5 Å². The van der Waals surface area contributed by atoms with Gasteiger partial charge in [0.15, 0.2) is 5.82 Å². The van der Waals surface area contributed by atoms with Crippen molar-refractivity contribution >= 4 is 5.82 Å². The highest BCUT2D eigenvalue weighted by Crippen LogP contribution is 2.56. The molecule has 1 aromatic carbocycles. The van der Waals surface area contributed by atoms with Crippen LogP contribution in [0, 0.1) is 5.41 Å².